The molecule has 0 aliphatic carbocycles. The maximum Gasteiger partial charge on any atom is 0.272 e. The number of nitrogens with zero attached hydrogens (tertiary/aromatic N) is 1. The molecule has 2 heterocycles. The number of aromatic nitrogens is 2. The average Bonchev–Trinajstić information content (AvgIpc) is 2.99. The van der Waals surface area contributed by atoms with Crippen LogP contribution in [0.1, 0.15) is 63.9 Å². The zero-order chi connectivity index (χ0) is 32.3. The van der Waals surface area contributed by atoms with Crippen molar-refractivity contribution in [1.29, 1.82) is 0 Å². The third kappa shape index (κ3) is 7.47. The lowest BCUT2D eigenvalue weighted by Crippen LogP contribution is -2.32. The molecule has 0 bridgehead atoms. The fourth-order valence-corrected chi connectivity index (χ4v) is 5.25. The van der Waals surface area contributed by atoms with Crippen molar-refractivity contribution in [2.75, 3.05) is 17.2 Å². The highest BCUT2D eigenvalue weighted by atomic mass is 16.2. The Hall–Kier alpha value is -5.24. The van der Waals surface area contributed by atoms with Crippen LogP contribution in [-0.2, 0) is 6.54 Å². The van der Waals surface area contributed by atoms with Gasteiger partial charge in [0.1, 0.15) is 11.5 Å². The van der Waals surface area contributed by atoms with Crippen LogP contribution in [0.15, 0.2) is 83.8 Å². The van der Waals surface area contributed by atoms with Gasteiger partial charge in [-0.25, -0.2) is 4.98 Å². The molecule has 0 radical (unpaired) electrons. The zero-order valence-corrected chi connectivity index (χ0v) is 26.6. The predicted octanol–water partition coefficient (Wildman–Crippen LogP) is 7.16. The number of aryl methyl sites for hydroxylation is 3. The molecule has 0 saturated carbocycles. The molecule has 5 aromatic rings. The summed E-state index contributed by atoms with van der Waals surface area (Å²) >= 11 is 0. The van der Waals surface area contributed by atoms with Gasteiger partial charge in [-0.05, 0) is 96.3 Å². The van der Waals surface area contributed by atoms with Gasteiger partial charge < -0.3 is 20.9 Å². The maximum atomic E-state index is 13.6. The molecule has 0 fully saturated rings. The summed E-state index contributed by atoms with van der Waals surface area (Å²) in [6.07, 6.45) is 1.74. The molecule has 0 aliphatic heterocycles. The number of hydrogen-bond donors (Lipinski definition) is 4. The lowest BCUT2D eigenvalue weighted by molar-refractivity contribution is 0.0938. The molecule has 230 valence electrons. The number of carbonyl (C=O) groups is 2. The number of pyridine rings is 2. The van der Waals surface area contributed by atoms with E-state index in [2.05, 4.69) is 78.7 Å². The van der Waals surface area contributed by atoms with Gasteiger partial charge in [-0.1, -0.05) is 50.6 Å². The summed E-state index contributed by atoms with van der Waals surface area (Å²) in [5, 5.41) is 11.2. The zero-order valence-electron chi connectivity index (χ0n) is 26.6. The van der Waals surface area contributed by atoms with Crippen LogP contribution in [0.2, 0.25) is 0 Å². The number of anilines is 2. The average molecular weight is 602 g/mol. The molecule has 5 rings (SSSR count). The molecule has 0 atom stereocenters. The lowest BCUT2D eigenvalue weighted by Gasteiger charge is -2.19. The van der Waals surface area contributed by atoms with Crippen molar-refractivity contribution < 1.29 is 9.59 Å². The summed E-state index contributed by atoms with van der Waals surface area (Å²) in [5.41, 5.74) is 6.59. The second-order valence-corrected chi connectivity index (χ2v) is 12.7. The Labute approximate surface area is 263 Å². The number of amides is 2. The number of rotatable bonds is 8. The third-order valence-corrected chi connectivity index (χ3v) is 7.67. The van der Waals surface area contributed by atoms with E-state index >= 15 is 0 Å². The van der Waals surface area contributed by atoms with E-state index in [-0.39, 0.29) is 22.6 Å². The molecule has 8 heteroatoms. The number of fused-ring (bicyclic) bond motifs is 1. The van der Waals surface area contributed by atoms with E-state index in [0.29, 0.717) is 29.9 Å². The highest BCUT2D eigenvalue weighted by molar-refractivity contribution is 6.08. The first-order valence-corrected chi connectivity index (χ1v) is 15.0. The fraction of sp³-hybridized carbons (Fsp3) is 0.243. The van der Waals surface area contributed by atoms with Gasteiger partial charge >= 0.3 is 0 Å². The summed E-state index contributed by atoms with van der Waals surface area (Å²) in [6.45, 7) is 13.4. The molecule has 45 heavy (non-hydrogen) atoms. The molecule has 0 aliphatic rings. The lowest BCUT2D eigenvalue weighted by atomic mass is 9.95. The number of aromatic amines is 1. The van der Waals surface area contributed by atoms with Gasteiger partial charge in [-0.3, -0.25) is 14.4 Å². The first kappa shape index (κ1) is 31.2. The molecule has 0 unspecified atom stereocenters. The minimum absolute atomic E-state index is 0.0369. The van der Waals surface area contributed by atoms with Crippen molar-refractivity contribution in [3.63, 3.8) is 0 Å². The predicted molar refractivity (Wildman–Crippen MR) is 182 cm³/mol. The summed E-state index contributed by atoms with van der Waals surface area (Å²) in [7, 11) is 0. The van der Waals surface area contributed by atoms with Crippen molar-refractivity contribution in [3.05, 3.63) is 123 Å². The Morgan fingerprint density at radius 2 is 1.60 bits per heavy atom. The number of H-pyrrole nitrogens is 1. The molecular formula is C37H39N5O3. The second kappa shape index (κ2) is 12.8. The van der Waals surface area contributed by atoms with Gasteiger partial charge in [-0.15, -0.1) is 0 Å². The van der Waals surface area contributed by atoms with Crippen molar-refractivity contribution in [1.82, 2.24) is 15.3 Å². The first-order chi connectivity index (χ1) is 21.4. The van der Waals surface area contributed by atoms with Gasteiger partial charge in [-0.2, -0.15) is 0 Å². The SMILES string of the molecule is Cc1ccc(CNc2nccc3cc(NC(=O)c4[nH]c(=O)ccc4-c4ccc(C(=O)NCC(C)(C)C)cc4C)ccc23)c(C)c1. The van der Waals surface area contributed by atoms with Crippen LogP contribution >= 0.6 is 0 Å². The second-order valence-electron chi connectivity index (χ2n) is 12.7. The Balaban J connectivity index is 1.36. The molecule has 4 N–H and O–H groups in total. The Bertz CT molecular complexity index is 1970. The Morgan fingerprint density at radius 1 is 0.822 bits per heavy atom. The van der Waals surface area contributed by atoms with Crippen molar-refractivity contribution in [2.24, 2.45) is 5.41 Å². The largest absolute Gasteiger partial charge is 0.365 e. The van der Waals surface area contributed by atoms with E-state index in [1.165, 1.54) is 22.8 Å². The normalized spacial score (nSPS) is 11.3. The molecule has 2 aromatic heterocycles. The van der Waals surface area contributed by atoms with Gasteiger partial charge in [0.2, 0.25) is 5.56 Å². The third-order valence-electron chi connectivity index (χ3n) is 7.67. The standard InChI is InChI=1S/C37H39N5O3/c1-22-7-8-27(23(2)17-22)20-39-34-30-12-10-28(19-25(30)15-16-38-34)41-36(45)33-31(13-14-32(43)42-33)29-11-9-26(18-24(29)3)35(44)40-21-37(4,5)6/h7-19H,20-21H2,1-6H3,(H,38,39)(H,40,44)(H,41,45)(H,42,43). The number of hydrogen-bond acceptors (Lipinski definition) is 5. The van der Waals surface area contributed by atoms with E-state index < -0.39 is 5.91 Å². The van der Waals surface area contributed by atoms with E-state index in [4.69, 9.17) is 0 Å². The van der Waals surface area contributed by atoms with Crippen LogP contribution in [0.4, 0.5) is 11.5 Å². The van der Waals surface area contributed by atoms with Crippen molar-refractivity contribution in [2.45, 2.75) is 48.1 Å². The van der Waals surface area contributed by atoms with Gasteiger partial charge in [0.15, 0.2) is 0 Å². The van der Waals surface area contributed by atoms with Crippen LogP contribution < -0.4 is 21.5 Å². The minimum Gasteiger partial charge on any atom is -0.365 e. The number of benzene rings is 3. The van der Waals surface area contributed by atoms with Gasteiger partial charge in [0.25, 0.3) is 11.8 Å². The Kier molecular flexibility index (Phi) is 8.86. The van der Waals surface area contributed by atoms with E-state index in [0.717, 1.165) is 27.7 Å². The number of nitrogens with one attached hydrogen (secondary N) is 4. The number of carbonyl (C=O) groups excluding carboxylic acids is 2. The van der Waals surface area contributed by atoms with E-state index in [1.54, 1.807) is 30.5 Å². The molecule has 2 amide bonds. The van der Waals surface area contributed by atoms with E-state index in [1.807, 2.05) is 31.2 Å². The monoisotopic (exact) mass is 601 g/mol. The van der Waals surface area contributed by atoms with Gasteiger partial charge in [0, 0.05) is 47.6 Å². The summed E-state index contributed by atoms with van der Waals surface area (Å²) < 4.78 is 0. The molecule has 8 nitrogen and oxygen atoms in total. The maximum absolute atomic E-state index is 13.6. The summed E-state index contributed by atoms with van der Waals surface area (Å²) in [6, 6.07) is 22.3. The smallest absolute Gasteiger partial charge is 0.272 e. The quantitative estimate of drug-likeness (QED) is 0.151. The van der Waals surface area contributed by atoms with Crippen LogP contribution in [-0.4, -0.2) is 28.3 Å². The fourth-order valence-electron chi connectivity index (χ4n) is 5.25. The van der Waals surface area contributed by atoms with Crippen molar-refractivity contribution in [3.8, 4) is 11.1 Å². The molecular weight excluding hydrogens is 562 g/mol. The molecule has 3 aromatic carbocycles. The highest BCUT2D eigenvalue weighted by Gasteiger charge is 2.19. The van der Waals surface area contributed by atoms with Crippen LogP contribution in [0.25, 0.3) is 21.9 Å². The summed E-state index contributed by atoms with van der Waals surface area (Å²) in [4.78, 5) is 45.9. The van der Waals surface area contributed by atoms with Crippen molar-refractivity contribution >= 4 is 34.1 Å². The Morgan fingerprint density at radius 3 is 2.33 bits per heavy atom. The summed E-state index contributed by atoms with van der Waals surface area (Å²) in [5.74, 6) is 0.149. The van der Waals surface area contributed by atoms with Crippen LogP contribution in [0.3, 0.4) is 0 Å². The molecule has 0 spiro atoms. The molecule has 0 saturated heterocycles. The topological polar surface area (TPSA) is 116 Å². The minimum atomic E-state index is -0.448. The van der Waals surface area contributed by atoms with Crippen LogP contribution in [0.5, 0.6) is 0 Å². The highest BCUT2D eigenvalue weighted by Crippen LogP contribution is 2.29. The van der Waals surface area contributed by atoms with Crippen LogP contribution in [0, 0.1) is 26.2 Å². The first-order valence-electron chi connectivity index (χ1n) is 15.0. The van der Waals surface area contributed by atoms with Gasteiger partial charge in [0.05, 0.1) is 0 Å². The van der Waals surface area contributed by atoms with E-state index in [9.17, 15) is 14.4 Å².